The Morgan fingerprint density at radius 2 is 1.89 bits per heavy atom. The van der Waals surface area contributed by atoms with Crippen LogP contribution >= 0.6 is 15.9 Å². The number of aromatic amines is 1. The van der Waals surface area contributed by atoms with Gasteiger partial charge in [0.05, 0.1) is 16.4 Å². The van der Waals surface area contributed by atoms with Crippen molar-refractivity contribution in [1.82, 2.24) is 25.4 Å². The van der Waals surface area contributed by atoms with E-state index in [-0.39, 0.29) is 0 Å². The zero-order chi connectivity index (χ0) is 13.2. The number of nitrogen functional groups attached to an aromatic ring is 1. The van der Waals surface area contributed by atoms with Gasteiger partial charge in [-0.3, -0.25) is 0 Å². The molecule has 3 N–H and O–H groups in total. The molecule has 3 aromatic rings. The van der Waals surface area contributed by atoms with E-state index in [2.05, 4.69) is 41.3 Å². The van der Waals surface area contributed by atoms with Crippen LogP contribution in [0.15, 0.2) is 41.0 Å². The summed E-state index contributed by atoms with van der Waals surface area (Å²) < 4.78 is 0.672. The predicted molar refractivity (Wildman–Crippen MR) is 75.0 cm³/mol. The molecule has 0 radical (unpaired) electrons. The van der Waals surface area contributed by atoms with Gasteiger partial charge in [-0.25, -0.2) is 9.97 Å². The van der Waals surface area contributed by atoms with Crippen LogP contribution in [0.2, 0.25) is 0 Å². The Balaban J connectivity index is 2.20. The first kappa shape index (κ1) is 11.8. The summed E-state index contributed by atoms with van der Waals surface area (Å²) in [6, 6.07) is 9.74. The Kier molecular flexibility index (Phi) is 2.96. The van der Waals surface area contributed by atoms with E-state index in [0.717, 1.165) is 11.3 Å². The number of nitrogens with two attached hydrogens (primary N) is 1. The van der Waals surface area contributed by atoms with Crippen molar-refractivity contribution in [3.8, 4) is 22.8 Å². The van der Waals surface area contributed by atoms with Crippen LogP contribution in [0.5, 0.6) is 0 Å². The van der Waals surface area contributed by atoms with Crippen molar-refractivity contribution in [1.29, 1.82) is 0 Å². The maximum atomic E-state index is 5.91. The summed E-state index contributed by atoms with van der Waals surface area (Å²) >= 11 is 3.42. The number of benzene rings is 1. The predicted octanol–water partition coefficient (Wildman–Crippen LogP) is 2.27. The number of halogens is 1. The molecule has 0 unspecified atom stereocenters. The van der Waals surface area contributed by atoms with Gasteiger partial charge >= 0.3 is 0 Å². The van der Waals surface area contributed by atoms with E-state index in [1.165, 1.54) is 0 Å². The van der Waals surface area contributed by atoms with Crippen molar-refractivity contribution in [3.05, 3.63) is 41.0 Å². The monoisotopic (exact) mass is 316 g/mol. The zero-order valence-corrected chi connectivity index (χ0v) is 11.3. The molecule has 19 heavy (non-hydrogen) atoms. The van der Waals surface area contributed by atoms with Crippen LogP contribution in [0.1, 0.15) is 0 Å². The van der Waals surface area contributed by atoms with Gasteiger partial charge in [-0.2, -0.15) is 15.4 Å². The molecule has 0 saturated carbocycles. The highest BCUT2D eigenvalue weighted by atomic mass is 79.9. The highest BCUT2D eigenvalue weighted by molar-refractivity contribution is 9.10. The second-order valence-corrected chi connectivity index (χ2v) is 4.61. The number of rotatable bonds is 2. The lowest BCUT2D eigenvalue weighted by Gasteiger charge is -2.07. The van der Waals surface area contributed by atoms with Gasteiger partial charge in [-0.1, -0.05) is 30.3 Å². The smallest absolute Gasteiger partial charge is 0.184 e. The number of hydrogen-bond donors (Lipinski definition) is 2. The van der Waals surface area contributed by atoms with Crippen LogP contribution in [0.25, 0.3) is 22.8 Å². The number of nitrogens with zero attached hydrogens (tertiary/aromatic N) is 4. The third kappa shape index (κ3) is 2.19. The van der Waals surface area contributed by atoms with Crippen molar-refractivity contribution in [3.63, 3.8) is 0 Å². The van der Waals surface area contributed by atoms with Gasteiger partial charge in [-0.05, 0) is 15.9 Å². The van der Waals surface area contributed by atoms with Crippen LogP contribution in [0.4, 0.5) is 5.82 Å². The fraction of sp³-hybridized carbons (Fsp3) is 0. The number of anilines is 1. The average Bonchev–Trinajstić information content (AvgIpc) is 2.97. The largest absolute Gasteiger partial charge is 0.383 e. The molecule has 94 valence electrons. The minimum Gasteiger partial charge on any atom is -0.383 e. The molecule has 2 heterocycles. The molecule has 0 aliphatic heterocycles. The van der Waals surface area contributed by atoms with Gasteiger partial charge in [-0.15, -0.1) is 0 Å². The molecule has 0 atom stereocenters. The molecular formula is C12H9BrN6. The fourth-order valence-electron chi connectivity index (χ4n) is 1.68. The number of aromatic nitrogens is 5. The molecule has 0 spiro atoms. The van der Waals surface area contributed by atoms with Gasteiger partial charge in [0, 0.05) is 5.56 Å². The number of hydrogen-bond acceptors (Lipinski definition) is 5. The molecule has 0 bridgehead atoms. The lowest BCUT2D eigenvalue weighted by Crippen LogP contribution is -2.00. The van der Waals surface area contributed by atoms with Gasteiger partial charge in [0.15, 0.2) is 5.82 Å². The molecule has 0 fully saturated rings. The molecule has 0 aliphatic carbocycles. The summed E-state index contributed by atoms with van der Waals surface area (Å²) in [6.07, 6.45) is 1.55. The van der Waals surface area contributed by atoms with E-state index in [9.17, 15) is 0 Å². The summed E-state index contributed by atoms with van der Waals surface area (Å²) in [5, 5.41) is 10.2. The first-order valence-corrected chi connectivity index (χ1v) is 6.29. The molecule has 0 aliphatic rings. The zero-order valence-electron chi connectivity index (χ0n) is 9.71. The van der Waals surface area contributed by atoms with E-state index in [4.69, 9.17) is 5.73 Å². The van der Waals surface area contributed by atoms with Crippen molar-refractivity contribution in [2.45, 2.75) is 0 Å². The minimum absolute atomic E-state index is 0.367. The molecule has 3 rings (SSSR count). The Morgan fingerprint density at radius 1 is 1.11 bits per heavy atom. The first-order chi connectivity index (χ1) is 9.25. The molecule has 7 heteroatoms. The van der Waals surface area contributed by atoms with Crippen LogP contribution < -0.4 is 5.73 Å². The minimum atomic E-state index is 0.367. The quantitative estimate of drug-likeness (QED) is 0.756. The number of H-pyrrole nitrogens is 1. The van der Waals surface area contributed by atoms with Gasteiger partial charge < -0.3 is 5.73 Å². The van der Waals surface area contributed by atoms with Crippen LogP contribution in [0.3, 0.4) is 0 Å². The molecule has 2 aromatic heterocycles. The molecular weight excluding hydrogens is 308 g/mol. The Morgan fingerprint density at radius 3 is 2.58 bits per heavy atom. The van der Waals surface area contributed by atoms with E-state index in [0.29, 0.717) is 21.8 Å². The van der Waals surface area contributed by atoms with Crippen molar-refractivity contribution in [2.24, 2.45) is 0 Å². The molecule has 6 nitrogen and oxygen atoms in total. The summed E-state index contributed by atoms with van der Waals surface area (Å²) in [7, 11) is 0. The van der Waals surface area contributed by atoms with Crippen molar-refractivity contribution < 1.29 is 0 Å². The summed E-state index contributed by atoms with van der Waals surface area (Å²) in [6.45, 7) is 0. The highest BCUT2D eigenvalue weighted by Gasteiger charge is 2.14. The average molecular weight is 317 g/mol. The van der Waals surface area contributed by atoms with Crippen LogP contribution in [0, 0.1) is 0 Å². The van der Waals surface area contributed by atoms with E-state index >= 15 is 0 Å². The normalized spacial score (nSPS) is 10.6. The SMILES string of the molecule is Nc1nc(-c2cn[nH]n2)nc(-c2ccccc2)c1Br. The second-order valence-electron chi connectivity index (χ2n) is 3.82. The fourth-order valence-corrected chi connectivity index (χ4v) is 2.08. The van der Waals surface area contributed by atoms with E-state index in [1.54, 1.807) is 6.20 Å². The van der Waals surface area contributed by atoms with Crippen LogP contribution in [-0.4, -0.2) is 25.4 Å². The Hall–Kier alpha value is -2.28. The lowest BCUT2D eigenvalue weighted by atomic mass is 10.1. The van der Waals surface area contributed by atoms with Gasteiger partial charge in [0.2, 0.25) is 0 Å². The lowest BCUT2D eigenvalue weighted by molar-refractivity contribution is 0.938. The summed E-state index contributed by atoms with van der Waals surface area (Å²) in [5.41, 5.74) is 8.14. The van der Waals surface area contributed by atoms with Gasteiger partial charge in [0.25, 0.3) is 0 Å². The third-order valence-electron chi connectivity index (χ3n) is 2.57. The van der Waals surface area contributed by atoms with Crippen molar-refractivity contribution in [2.75, 3.05) is 5.73 Å². The third-order valence-corrected chi connectivity index (χ3v) is 3.35. The van der Waals surface area contributed by atoms with Crippen molar-refractivity contribution >= 4 is 21.7 Å². The summed E-state index contributed by atoms with van der Waals surface area (Å²) in [5.74, 6) is 0.806. The Labute approximate surface area is 117 Å². The maximum absolute atomic E-state index is 5.91. The molecule has 0 amide bonds. The standard InChI is InChI=1S/C12H9BrN6/c13-9-10(7-4-2-1-3-5-7)16-12(17-11(9)14)8-6-15-19-18-8/h1-6H,(H2,14,16,17)(H,15,18,19). The second kappa shape index (κ2) is 4.77. The van der Waals surface area contributed by atoms with E-state index < -0.39 is 0 Å². The first-order valence-electron chi connectivity index (χ1n) is 5.50. The van der Waals surface area contributed by atoms with E-state index in [1.807, 2.05) is 30.3 Å². The Bertz CT molecular complexity index is 696. The highest BCUT2D eigenvalue weighted by Crippen LogP contribution is 2.31. The summed E-state index contributed by atoms with van der Waals surface area (Å²) in [4.78, 5) is 8.68. The van der Waals surface area contributed by atoms with Gasteiger partial charge in [0.1, 0.15) is 11.5 Å². The molecule has 0 saturated heterocycles. The molecule has 1 aromatic carbocycles. The maximum Gasteiger partial charge on any atom is 0.184 e. The van der Waals surface area contributed by atoms with Crippen LogP contribution in [-0.2, 0) is 0 Å². The number of nitrogens with one attached hydrogen (secondary N) is 1. The topological polar surface area (TPSA) is 93.4 Å².